The number of para-hydroxylation sites is 1. The van der Waals surface area contributed by atoms with Crippen molar-refractivity contribution in [1.29, 1.82) is 0 Å². The summed E-state index contributed by atoms with van der Waals surface area (Å²) >= 11 is 0. The Hall–Kier alpha value is -2.54. The number of methoxy groups -OCH3 is 1. The summed E-state index contributed by atoms with van der Waals surface area (Å²) in [7, 11) is 1.48. The fourth-order valence-electron chi connectivity index (χ4n) is 2.95. The monoisotopic (exact) mass is 350 g/mol. The minimum absolute atomic E-state index is 0.00829. The number of carbonyl (C=O) groups excluding carboxylic acids is 1. The third-order valence-corrected chi connectivity index (χ3v) is 4.12. The van der Waals surface area contributed by atoms with Crippen LogP contribution >= 0.6 is 0 Å². The Balaban J connectivity index is 2.09. The number of hydrogen-bond donors (Lipinski definition) is 1. The summed E-state index contributed by atoms with van der Waals surface area (Å²) in [5.74, 6) is -0.326. The highest BCUT2D eigenvalue weighted by molar-refractivity contribution is 6.01. The number of fused-ring (bicyclic) bond motifs is 1. The molecule has 0 radical (unpaired) electrons. The highest BCUT2D eigenvalue weighted by atomic mass is 19.4. The van der Waals surface area contributed by atoms with Gasteiger partial charge in [0.1, 0.15) is 6.17 Å². The van der Waals surface area contributed by atoms with Gasteiger partial charge in [-0.25, -0.2) is 0 Å². The van der Waals surface area contributed by atoms with Crippen molar-refractivity contribution in [1.82, 2.24) is 4.90 Å². The van der Waals surface area contributed by atoms with Gasteiger partial charge < -0.3 is 15.0 Å². The molecule has 0 aliphatic carbocycles. The standard InChI is InChI=1S/C18H17F3N2O2/c1-25-11-10-23-16(12-6-2-4-8-14(12)18(19,20)21)22-15-9-5-3-7-13(15)17(23)24/h2-9,16,22H,10-11H2,1H3/t16-/m0/s1. The zero-order valence-electron chi connectivity index (χ0n) is 13.5. The fraction of sp³-hybridized carbons (Fsp3) is 0.278. The topological polar surface area (TPSA) is 41.6 Å². The maximum atomic E-state index is 13.4. The molecule has 1 atom stereocenters. The summed E-state index contributed by atoms with van der Waals surface area (Å²) in [6.07, 6.45) is -5.43. The Kier molecular flexibility index (Phi) is 4.67. The highest BCUT2D eigenvalue weighted by Crippen LogP contribution is 2.39. The molecule has 0 saturated heterocycles. The average Bonchev–Trinajstić information content (AvgIpc) is 2.60. The number of hydrogen-bond acceptors (Lipinski definition) is 3. The van der Waals surface area contributed by atoms with E-state index in [1.54, 1.807) is 24.3 Å². The first-order valence-corrected chi connectivity index (χ1v) is 7.75. The van der Waals surface area contributed by atoms with Gasteiger partial charge in [0.25, 0.3) is 5.91 Å². The first-order chi connectivity index (χ1) is 11.9. The molecule has 0 fully saturated rings. The minimum Gasteiger partial charge on any atom is -0.383 e. The third kappa shape index (κ3) is 3.32. The van der Waals surface area contributed by atoms with Crippen LogP contribution in [0.1, 0.15) is 27.7 Å². The van der Waals surface area contributed by atoms with E-state index in [4.69, 9.17) is 4.74 Å². The van der Waals surface area contributed by atoms with Gasteiger partial charge in [-0.15, -0.1) is 0 Å². The summed E-state index contributed by atoms with van der Waals surface area (Å²) < 4.78 is 45.3. The van der Waals surface area contributed by atoms with Crippen molar-refractivity contribution < 1.29 is 22.7 Å². The number of nitrogens with one attached hydrogen (secondary N) is 1. The van der Waals surface area contributed by atoms with Crippen molar-refractivity contribution in [2.75, 3.05) is 25.6 Å². The number of nitrogens with zero attached hydrogens (tertiary/aromatic N) is 1. The van der Waals surface area contributed by atoms with E-state index in [1.165, 1.54) is 30.2 Å². The molecule has 0 aromatic heterocycles. The zero-order chi connectivity index (χ0) is 18.0. The van der Waals surface area contributed by atoms with Crippen LogP contribution in [0.25, 0.3) is 0 Å². The lowest BCUT2D eigenvalue weighted by molar-refractivity contribution is -0.138. The Labute approximate surface area is 143 Å². The predicted octanol–water partition coefficient (Wildman–Crippen LogP) is 3.92. The number of carbonyl (C=O) groups is 1. The molecule has 0 unspecified atom stereocenters. The summed E-state index contributed by atoms with van der Waals surface area (Å²) in [6, 6.07) is 12.1. The second-order valence-electron chi connectivity index (χ2n) is 5.67. The number of benzene rings is 2. The quantitative estimate of drug-likeness (QED) is 0.909. The lowest BCUT2D eigenvalue weighted by atomic mass is 9.99. The van der Waals surface area contributed by atoms with E-state index in [9.17, 15) is 18.0 Å². The molecule has 1 amide bonds. The van der Waals surface area contributed by atoms with Crippen molar-refractivity contribution in [2.24, 2.45) is 0 Å². The van der Waals surface area contributed by atoms with Gasteiger partial charge in [0.2, 0.25) is 0 Å². The van der Waals surface area contributed by atoms with E-state index < -0.39 is 17.9 Å². The van der Waals surface area contributed by atoms with Gasteiger partial charge in [0.05, 0.1) is 17.7 Å². The number of halogens is 3. The van der Waals surface area contributed by atoms with Crippen LogP contribution in [0.2, 0.25) is 0 Å². The summed E-state index contributed by atoms with van der Waals surface area (Å²) in [4.78, 5) is 14.2. The van der Waals surface area contributed by atoms with Crippen molar-refractivity contribution in [2.45, 2.75) is 12.3 Å². The molecular weight excluding hydrogens is 333 g/mol. The number of ether oxygens (including phenoxy) is 1. The summed E-state index contributed by atoms with van der Waals surface area (Å²) in [5.41, 5.74) is 0.193. The van der Waals surface area contributed by atoms with Crippen molar-refractivity contribution in [3.05, 3.63) is 65.2 Å². The average molecular weight is 350 g/mol. The van der Waals surface area contributed by atoms with E-state index in [1.807, 2.05) is 0 Å². The van der Waals surface area contributed by atoms with E-state index in [-0.39, 0.29) is 24.6 Å². The van der Waals surface area contributed by atoms with Gasteiger partial charge in [-0.2, -0.15) is 13.2 Å². The van der Waals surface area contributed by atoms with Gasteiger partial charge in [-0.1, -0.05) is 30.3 Å². The molecular formula is C18H17F3N2O2. The van der Waals surface area contributed by atoms with Crippen LogP contribution in [-0.2, 0) is 10.9 Å². The molecule has 1 N–H and O–H groups in total. The molecule has 4 nitrogen and oxygen atoms in total. The Bertz CT molecular complexity index is 777. The minimum atomic E-state index is -4.51. The molecule has 2 aromatic carbocycles. The molecule has 1 heterocycles. The van der Waals surface area contributed by atoms with E-state index in [0.717, 1.165) is 6.07 Å². The van der Waals surface area contributed by atoms with E-state index in [0.29, 0.717) is 11.3 Å². The van der Waals surface area contributed by atoms with Crippen LogP contribution in [0.5, 0.6) is 0 Å². The van der Waals surface area contributed by atoms with Crippen LogP contribution in [-0.4, -0.2) is 31.1 Å². The largest absolute Gasteiger partial charge is 0.416 e. The van der Waals surface area contributed by atoms with Gasteiger partial charge in [-0.3, -0.25) is 4.79 Å². The lowest BCUT2D eigenvalue weighted by Crippen LogP contribution is -2.45. The van der Waals surface area contributed by atoms with Crippen molar-refractivity contribution >= 4 is 11.6 Å². The molecule has 3 rings (SSSR count). The Morgan fingerprint density at radius 2 is 1.80 bits per heavy atom. The van der Waals surface area contributed by atoms with Gasteiger partial charge in [-0.05, 0) is 18.2 Å². The van der Waals surface area contributed by atoms with Crippen LogP contribution in [0.15, 0.2) is 48.5 Å². The van der Waals surface area contributed by atoms with Gasteiger partial charge in [0.15, 0.2) is 0 Å². The first kappa shape index (κ1) is 17.3. The summed E-state index contributed by atoms with van der Waals surface area (Å²) in [6.45, 7) is 0.397. The fourth-order valence-corrected chi connectivity index (χ4v) is 2.95. The van der Waals surface area contributed by atoms with Crippen LogP contribution in [0.4, 0.5) is 18.9 Å². The van der Waals surface area contributed by atoms with E-state index in [2.05, 4.69) is 5.32 Å². The molecule has 132 valence electrons. The van der Waals surface area contributed by atoms with Crippen LogP contribution in [0, 0.1) is 0 Å². The second kappa shape index (κ2) is 6.76. The Morgan fingerprint density at radius 1 is 1.12 bits per heavy atom. The molecule has 0 bridgehead atoms. The zero-order valence-corrected chi connectivity index (χ0v) is 13.5. The van der Waals surface area contributed by atoms with Gasteiger partial charge >= 0.3 is 6.18 Å². The van der Waals surface area contributed by atoms with Crippen molar-refractivity contribution in [3.63, 3.8) is 0 Å². The maximum absolute atomic E-state index is 13.4. The highest BCUT2D eigenvalue weighted by Gasteiger charge is 2.39. The molecule has 0 saturated carbocycles. The number of alkyl halides is 3. The SMILES string of the molecule is COCCN1C(=O)c2ccccc2N[C@@H]1c1ccccc1C(F)(F)F. The molecule has 7 heteroatoms. The van der Waals surface area contributed by atoms with E-state index >= 15 is 0 Å². The van der Waals surface area contributed by atoms with Crippen LogP contribution < -0.4 is 5.32 Å². The Morgan fingerprint density at radius 3 is 2.52 bits per heavy atom. The second-order valence-corrected chi connectivity index (χ2v) is 5.67. The molecule has 2 aromatic rings. The molecule has 1 aliphatic heterocycles. The lowest BCUT2D eigenvalue weighted by Gasteiger charge is -2.39. The third-order valence-electron chi connectivity index (χ3n) is 4.12. The van der Waals surface area contributed by atoms with Crippen LogP contribution in [0.3, 0.4) is 0 Å². The number of amides is 1. The first-order valence-electron chi connectivity index (χ1n) is 7.75. The number of rotatable bonds is 4. The molecule has 0 spiro atoms. The normalized spacial score (nSPS) is 17.2. The smallest absolute Gasteiger partial charge is 0.383 e. The van der Waals surface area contributed by atoms with Crippen molar-refractivity contribution in [3.8, 4) is 0 Å². The molecule has 25 heavy (non-hydrogen) atoms. The summed E-state index contributed by atoms with van der Waals surface area (Å²) in [5, 5.41) is 3.06. The molecule has 1 aliphatic rings. The van der Waals surface area contributed by atoms with Gasteiger partial charge in [0, 0.05) is 24.9 Å². The maximum Gasteiger partial charge on any atom is 0.416 e. The number of anilines is 1. The predicted molar refractivity (Wildman–Crippen MR) is 87.2 cm³/mol.